The molecule has 0 saturated carbocycles. The van der Waals surface area contributed by atoms with Gasteiger partial charge < -0.3 is 9.04 Å². The van der Waals surface area contributed by atoms with Crippen molar-refractivity contribution in [1.29, 1.82) is 0 Å². The molecule has 0 aromatic rings. The molecular weight excluding hydrogens is 875 g/mol. The molecule has 0 aliphatic carbocycles. The van der Waals surface area contributed by atoms with E-state index in [2.05, 4.69) is 20.8 Å². The first kappa shape index (κ1) is 69.9. The molecule has 0 aromatic heterocycles. The van der Waals surface area contributed by atoms with Gasteiger partial charge in [-0.15, -0.1) is 0 Å². The fourth-order valence-electron chi connectivity index (χ4n) is 11.6. The zero-order valence-electron chi connectivity index (χ0n) is 48.9. The Morgan fingerprint density at radius 3 is 0.471 bits per heavy atom. The Morgan fingerprint density at radius 1 is 0.214 bits per heavy atom. The molecule has 5 heteroatoms. The molecule has 0 heterocycles. The predicted octanol–water partition coefficient (Wildman–Crippen LogP) is 22.6. The van der Waals surface area contributed by atoms with Crippen LogP contribution in [0.5, 0.6) is 0 Å². The molecule has 0 rings (SSSR count). The van der Waals surface area contributed by atoms with Gasteiger partial charge in [-0.3, -0.25) is 0 Å². The van der Waals surface area contributed by atoms with Gasteiger partial charge in [-0.1, -0.05) is 348 Å². The standard InChI is InChI=1S/C65H133NO3S/c1-4-7-10-13-16-19-22-25-28-31-34-37-40-43-46-49-52-55-58-61-66(64-65-70(67,68)69,62-59-56-53-50-47-44-41-38-35-32-29-26-23-20-17-14-11-8-5-2)63-60-57-54-51-48-45-42-39-36-33-30-27-24-21-18-15-12-9-6-3/h4-65H2,1-3H3. The smallest absolute Gasteiger partial charge is 0.100 e. The number of hydrogen-bond acceptors (Lipinski definition) is 3. The van der Waals surface area contributed by atoms with E-state index in [9.17, 15) is 13.0 Å². The molecule has 0 N–H and O–H groups in total. The second kappa shape index (κ2) is 58.1. The Bertz CT molecular complexity index is 960. The lowest BCUT2D eigenvalue weighted by Crippen LogP contribution is -2.52. The third-order valence-electron chi connectivity index (χ3n) is 16.5. The number of rotatable bonds is 63. The first-order valence-corrected chi connectivity index (χ1v) is 34.8. The molecule has 422 valence electrons. The van der Waals surface area contributed by atoms with E-state index in [0.717, 1.165) is 24.1 Å². The van der Waals surface area contributed by atoms with Gasteiger partial charge in [0, 0.05) is 0 Å². The summed E-state index contributed by atoms with van der Waals surface area (Å²) in [4.78, 5) is 0. The summed E-state index contributed by atoms with van der Waals surface area (Å²) in [6, 6.07) is 0. The third kappa shape index (κ3) is 57.2. The second-order valence-electron chi connectivity index (χ2n) is 23.6. The van der Waals surface area contributed by atoms with E-state index in [-0.39, 0.29) is 5.75 Å². The summed E-state index contributed by atoms with van der Waals surface area (Å²) < 4.78 is 37.1. The maximum atomic E-state index is 12.1. The number of quaternary nitrogens is 1. The molecule has 0 amide bonds. The minimum atomic E-state index is -4.21. The highest BCUT2D eigenvalue weighted by Crippen LogP contribution is 2.22. The summed E-state index contributed by atoms with van der Waals surface area (Å²) in [5.41, 5.74) is 0. The minimum Gasteiger partial charge on any atom is -0.748 e. The van der Waals surface area contributed by atoms with Gasteiger partial charge in [0.05, 0.1) is 31.9 Å². The molecule has 0 unspecified atom stereocenters. The van der Waals surface area contributed by atoms with Gasteiger partial charge in [0.25, 0.3) is 0 Å². The van der Waals surface area contributed by atoms with Crippen molar-refractivity contribution < 1.29 is 17.5 Å². The Balaban J connectivity index is 4.56. The third-order valence-corrected chi connectivity index (χ3v) is 17.2. The highest BCUT2D eigenvalue weighted by atomic mass is 32.2. The Labute approximate surface area is 444 Å². The SMILES string of the molecule is CCCCCCCCCCCCCCCCCCCCC[N+](CCCCCCCCCCCCCCCCCCCCC)(CCCCCCCCCCCCCCCCCCCCC)CCS(=O)(=O)[O-]. The van der Waals surface area contributed by atoms with Gasteiger partial charge in [-0.25, -0.2) is 8.42 Å². The van der Waals surface area contributed by atoms with E-state index in [1.54, 1.807) is 0 Å². The normalized spacial score (nSPS) is 12.2. The zero-order chi connectivity index (χ0) is 50.8. The van der Waals surface area contributed by atoms with Crippen molar-refractivity contribution in [3.8, 4) is 0 Å². The first-order chi connectivity index (χ1) is 34.4. The van der Waals surface area contributed by atoms with Crippen LogP contribution in [0.1, 0.15) is 387 Å². The molecule has 0 aliphatic rings. The number of hydrogen-bond donors (Lipinski definition) is 0. The van der Waals surface area contributed by atoms with Crippen LogP contribution in [0.3, 0.4) is 0 Å². The van der Waals surface area contributed by atoms with Crippen LogP contribution in [0.4, 0.5) is 0 Å². The van der Waals surface area contributed by atoms with E-state index in [1.807, 2.05) is 0 Å². The number of unbranched alkanes of at least 4 members (excludes halogenated alkanes) is 54. The van der Waals surface area contributed by atoms with Crippen LogP contribution >= 0.6 is 0 Å². The zero-order valence-corrected chi connectivity index (χ0v) is 49.7. The Morgan fingerprint density at radius 2 is 0.343 bits per heavy atom. The van der Waals surface area contributed by atoms with E-state index in [1.165, 1.54) is 366 Å². The molecular formula is C65H133NO3S. The average molecular weight is 1010 g/mol. The van der Waals surface area contributed by atoms with E-state index in [4.69, 9.17) is 0 Å². The van der Waals surface area contributed by atoms with Gasteiger partial charge in [0.15, 0.2) is 0 Å². The fraction of sp³-hybridized carbons (Fsp3) is 1.00. The summed E-state index contributed by atoms with van der Waals surface area (Å²) in [7, 11) is -4.21. The highest BCUT2D eigenvalue weighted by Gasteiger charge is 2.27. The maximum Gasteiger partial charge on any atom is 0.100 e. The van der Waals surface area contributed by atoms with E-state index < -0.39 is 10.1 Å². The van der Waals surface area contributed by atoms with Gasteiger partial charge in [-0.2, -0.15) is 0 Å². The number of nitrogens with zero attached hydrogens (tertiary/aromatic N) is 1. The molecule has 0 aromatic carbocycles. The minimum absolute atomic E-state index is 0.190. The van der Waals surface area contributed by atoms with Crippen molar-refractivity contribution in [2.45, 2.75) is 387 Å². The van der Waals surface area contributed by atoms with Gasteiger partial charge in [0.1, 0.15) is 10.1 Å². The molecule has 70 heavy (non-hydrogen) atoms. The van der Waals surface area contributed by atoms with Crippen molar-refractivity contribution in [1.82, 2.24) is 0 Å². The van der Waals surface area contributed by atoms with Gasteiger partial charge in [-0.05, 0) is 38.5 Å². The summed E-state index contributed by atoms with van der Waals surface area (Å²) in [5.74, 6) is -0.190. The summed E-state index contributed by atoms with van der Waals surface area (Å²) in [6.45, 7) is 10.6. The largest absolute Gasteiger partial charge is 0.748 e. The second-order valence-corrected chi connectivity index (χ2v) is 25.1. The molecule has 0 saturated heterocycles. The van der Waals surface area contributed by atoms with Crippen LogP contribution in [0.2, 0.25) is 0 Å². The predicted molar refractivity (Wildman–Crippen MR) is 314 cm³/mol. The molecule has 0 aliphatic heterocycles. The van der Waals surface area contributed by atoms with Crippen molar-refractivity contribution in [3.05, 3.63) is 0 Å². The molecule has 0 bridgehead atoms. The lowest BCUT2D eigenvalue weighted by atomic mass is 10.0. The summed E-state index contributed by atoms with van der Waals surface area (Å²) >= 11 is 0. The quantitative estimate of drug-likeness (QED) is 0.0347. The van der Waals surface area contributed by atoms with Crippen molar-refractivity contribution >= 4 is 10.1 Å². The van der Waals surface area contributed by atoms with Crippen molar-refractivity contribution in [3.63, 3.8) is 0 Å². The van der Waals surface area contributed by atoms with Crippen LogP contribution in [0.25, 0.3) is 0 Å². The maximum absolute atomic E-state index is 12.1. The average Bonchev–Trinajstić information content (AvgIpc) is 3.35. The van der Waals surface area contributed by atoms with E-state index >= 15 is 0 Å². The summed E-state index contributed by atoms with van der Waals surface area (Å²) in [6.07, 6.45) is 79.1. The Hall–Kier alpha value is -0.130. The monoisotopic (exact) mass is 1010 g/mol. The van der Waals surface area contributed by atoms with Crippen LogP contribution in [0.15, 0.2) is 0 Å². The van der Waals surface area contributed by atoms with Crippen LogP contribution in [-0.4, -0.2) is 49.4 Å². The topological polar surface area (TPSA) is 57.2 Å². The summed E-state index contributed by atoms with van der Waals surface area (Å²) in [5, 5.41) is 0. The van der Waals surface area contributed by atoms with Crippen molar-refractivity contribution in [2.24, 2.45) is 0 Å². The Kier molecular flexibility index (Phi) is 58.0. The van der Waals surface area contributed by atoms with Crippen LogP contribution in [-0.2, 0) is 10.1 Å². The van der Waals surface area contributed by atoms with Crippen LogP contribution in [0, 0.1) is 0 Å². The molecule has 0 atom stereocenters. The van der Waals surface area contributed by atoms with Crippen molar-refractivity contribution in [2.75, 3.05) is 31.9 Å². The molecule has 0 radical (unpaired) electrons. The molecule has 0 spiro atoms. The lowest BCUT2D eigenvalue weighted by Gasteiger charge is -2.40. The van der Waals surface area contributed by atoms with Gasteiger partial charge in [0.2, 0.25) is 0 Å². The first-order valence-electron chi connectivity index (χ1n) is 33.2. The highest BCUT2D eigenvalue weighted by molar-refractivity contribution is 7.85. The van der Waals surface area contributed by atoms with Crippen LogP contribution < -0.4 is 0 Å². The fourth-order valence-corrected chi connectivity index (χ4v) is 12.2. The molecule has 4 nitrogen and oxygen atoms in total. The lowest BCUT2D eigenvalue weighted by molar-refractivity contribution is -0.926. The molecule has 0 fully saturated rings. The van der Waals surface area contributed by atoms with E-state index in [0.29, 0.717) is 6.54 Å². The van der Waals surface area contributed by atoms with Gasteiger partial charge >= 0.3 is 0 Å².